The molecule has 1 fully saturated rings. The molecule has 35 heavy (non-hydrogen) atoms. The molecular formula is C27H34N4O3S. The van der Waals surface area contributed by atoms with Crippen LogP contribution < -0.4 is 10.6 Å². The number of nitrogens with one attached hydrogen (secondary N) is 2. The fraction of sp³-hybridized carbons (Fsp3) is 0.481. The summed E-state index contributed by atoms with van der Waals surface area (Å²) in [6, 6.07) is 6.57. The lowest BCUT2D eigenvalue weighted by Crippen LogP contribution is -2.33. The van der Waals surface area contributed by atoms with E-state index in [9.17, 15) is 9.59 Å². The van der Waals surface area contributed by atoms with Crippen molar-refractivity contribution in [2.24, 2.45) is 5.92 Å². The summed E-state index contributed by atoms with van der Waals surface area (Å²) in [6.45, 7) is 7.90. The number of rotatable bonds is 10. The second kappa shape index (κ2) is 11.7. The third-order valence-electron chi connectivity index (χ3n) is 6.63. The fourth-order valence-corrected chi connectivity index (χ4v) is 5.35. The predicted octanol–water partition coefficient (Wildman–Crippen LogP) is 4.66. The molecule has 2 N–H and O–H groups in total. The Morgan fingerprint density at radius 2 is 2.06 bits per heavy atom. The van der Waals surface area contributed by atoms with Gasteiger partial charge in [-0.3, -0.25) is 14.9 Å². The lowest BCUT2D eigenvalue weighted by molar-refractivity contribution is -0.124. The van der Waals surface area contributed by atoms with Gasteiger partial charge in [0.05, 0.1) is 6.54 Å². The molecule has 2 aromatic rings. The molecule has 186 valence electrons. The van der Waals surface area contributed by atoms with E-state index in [1.54, 1.807) is 0 Å². The van der Waals surface area contributed by atoms with E-state index in [4.69, 9.17) is 4.74 Å². The van der Waals surface area contributed by atoms with Crippen LogP contribution >= 0.6 is 11.3 Å². The minimum Gasteiger partial charge on any atom is -0.381 e. The van der Waals surface area contributed by atoms with Gasteiger partial charge in [-0.25, -0.2) is 0 Å². The van der Waals surface area contributed by atoms with Crippen molar-refractivity contribution in [2.45, 2.75) is 58.8 Å². The predicted molar refractivity (Wildman–Crippen MR) is 139 cm³/mol. The van der Waals surface area contributed by atoms with E-state index in [-0.39, 0.29) is 24.3 Å². The summed E-state index contributed by atoms with van der Waals surface area (Å²) in [7, 11) is 0. The largest absolute Gasteiger partial charge is 0.381 e. The second-order valence-corrected chi connectivity index (χ2v) is 10.5. The third kappa shape index (κ3) is 6.86. The van der Waals surface area contributed by atoms with Gasteiger partial charge in [-0.1, -0.05) is 61.1 Å². The van der Waals surface area contributed by atoms with Gasteiger partial charge in [-0.2, -0.15) is 0 Å². The molecule has 2 atom stereocenters. The zero-order valence-corrected chi connectivity index (χ0v) is 21.5. The number of ether oxygens (including phenoxy) is 1. The van der Waals surface area contributed by atoms with Gasteiger partial charge in [0.2, 0.25) is 16.9 Å². The topological polar surface area (TPSA) is 93.2 Å². The summed E-state index contributed by atoms with van der Waals surface area (Å²) < 4.78 is 5.55. The molecule has 2 amide bonds. The highest BCUT2D eigenvalue weighted by atomic mass is 32.1. The van der Waals surface area contributed by atoms with E-state index in [0.717, 1.165) is 55.0 Å². The van der Waals surface area contributed by atoms with E-state index in [0.29, 0.717) is 17.5 Å². The molecule has 1 unspecified atom stereocenters. The summed E-state index contributed by atoms with van der Waals surface area (Å²) in [4.78, 5) is 24.8. The summed E-state index contributed by atoms with van der Waals surface area (Å²) in [5, 5.41) is 14.9. The van der Waals surface area contributed by atoms with E-state index in [2.05, 4.69) is 65.9 Å². The van der Waals surface area contributed by atoms with Crippen molar-refractivity contribution in [1.82, 2.24) is 15.5 Å². The van der Waals surface area contributed by atoms with Crippen molar-refractivity contribution < 1.29 is 14.3 Å². The van der Waals surface area contributed by atoms with Gasteiger partial charge in [-0.05, 0) is 66.7 Å². The number of carbonyl (C=O) groups is 2. The monoisotopic (exact) mass is 494 g/mol. The zero-order valence-electron chi connectivity index (χ0n) is 20.7. The molecule has 1 aromatic carbocycles. The molecule has 7 nitrogen and oxygen atoms in total. The maximum absolute atomic E-state index is 12.5. The first kappa shape index (κ1) is 25.3. The number of hydrogen-bond acceptors (Lipinski definition) is 6. The van der Waals surface area contributed by atoms with Gasteiger partial charge in [0.15, 0.2) is 0 Å². The van der Waals surface area contributed by atoms with Crippen LogP contribution in [-0.2, 0) is 27.2 Å². The maximum Gasteiger partial charge on any atom is 0.245 e. The molecule has 1 aliphatic carbocycles. The number of amides is 2. The van der Waals surface area contributed by atoms with Crippen LogP contribution in [0.4, 0.5) is 5.13 Å². The van der Waals surface area contributed by atoms with Crippen LogP contribution in [0.5, 0.6) is 0 Å². The number of hydrogen-bond donors (Lipinski definition) is 2. The van der Waals surface area contributed by atoms with Gasteiger partial charge in [0.1, 0.15) is 5.01 Å². The Hall–Kier alpha value is -2.84. The van der Waals surface area contributed by atoms with Gasteiger partial charge in [-0.15, -0.1) is 10.2 Å². The molecule has 2 heterocycles. The lowest BCUT2D eigenvalue weighted by Gasteiger charge is -2.17. The van der Waals surface area contributed by atoms with Crippen molar-refractivity contribution in [3.63, 3.8) is 0 Å². The number of aryl methyl sites for hydroxylation is 1. The Morgan fingerprint density at radius 3 is 2.77 bits per heavy atom. The molecule has 0 bridgehead atoms. The summed E-state index contributed by atoms with van der Waals surface area (Å²) in [6.07, 6.45) is 8.41. The molecule has 1 aromatic heterocycles. The van der Waals surface area contributed by atoms with Crippen LogP contribution in [0.25, 0.3) is 5.57 Å². The third-order valence-corrected chi connectivity index (χ3v) is 7.55. The van der Waals surface area contributed by atoms with Gasteiger partial charge < -0.3 is 10.1 Å². The first-order valence-electron chi connectivity index (χ1n) is 12.4. The molecule has 8 heteroatoms. The Kier molecular flexibility index (Phi) is 8.46. The molecule has 1 saturated heterocycles. The quantitative estimate of drug-likeness (QED) is 0.501. The van der Waals surface area contributed by atoms with Gasteiger partial charge in [0, 0.05) is 19.6 Å². The lowest BCUT2D eigenvalue weighted by atomic mass is 9.89. The number of allylic oxidation sites excluding steroid dienone is 4. The first-order chi connectivity index (χ1) is 16.9. The number of carbonyl (C=O) groups excluding carboxylic acids is 2. The highest BCUT2D eigenvalue weighted by molar-refractivity contribution is 7.16. The molecular weight excluding hydrogens is 460 g/mol. The maximum atomic E-state index is 12.5. The standard InChI is InChI=1S/C27H34N4O3S/c1-4-20-7-8-21(14-23(20)13-19-9-10-34-16-19)18(3)12-24(32)28-15-25(33)29-27-31-30-26(35-27)22-6-5-17(2)11-22/h5-8,14,18-19H,4,9-13,15-16H2,1-3H3,(H,28,32)(H,29,31,33)/t18-,19?/m0/s1. The van der Waals surface area contributed by atoms with Crippen LogP contribution in [0.15, 0.2) is 35.9 Å². The zero-order chi connectivity index (χ0) is 24.8. The first-order valence-corrected chi connectivity index (χ1v) is 13.2. The molecule has 0 saturated carbocycles. The molecule has 1 aliphatic heterocycles. The van der Waals surface area contributed by atoms with Crippen LogP contribution in [0, 0.1) is 5.92 Å². The second-order valence-electron chi connectivity index (χ2n) is 9.54. The minimum absolute atomic E-state index is 0.0602. The number of nitrogens with zero attached hydrogens (tertiary/aromatic N) is 2. The summed E-state index contributed by atoms with van der Waals surface area (Å²) >= 11 is 1.34. The average molecular weight is 495 g/mol. The summed E-state index contributed by atoms with van der Waals surface area (Å²) in [5.41, 5.74) is 6.27. The van der Waals surface area contributed by atoms with Crippen LogP contribution in [0.1, 0.15) is 67.6 Å². The Bertz CT molecular complexity index is 1130. The Balaban J connectivity index is 1.25. The van der Waals surface area contributed by atoms with Crippen molar-refractivity contribution in [2.75, 3.05) is 25.1 Å². The normalized spacial score (nSPS) is 18.2. The van der Waals surface area contributed by atoms with Crippen molar-refractivity contribution in [3.8, 4) is 0 Å². The smallest absolute Gasteiger partial charge is 0.245 e. The number of anilines is 1. The van der Waals surface area contributed by atoms with E-state index in [1.807, 2.05) is 6.08 Å². The highest BCUT2D eigenvalue weighted by Crippen LogP contribution is 2.31. The van der Waals surface area contributed by atoms with Gasteiger partial charge in [0.25, 0.3) is 0 Å². The molecule has 0 spiro atoms. The molecule has 2 aliphatic rings. The van der Waals surface area contributed by atoms with Crippen LogP contribution in [0.2, 0.25) is 0 Å². The van der Waals surface area contributed by atoms with Crippen LogP contribution in [-0.4, -0.2) is 41.8 Å². The summed E-state index contributed by atoms with van der Waals surface area (Å²) in [5.74, 6) is 0.183. The molecule has 4 rings (SSSR count). The van der Waals surface area contributed by atoms with E-state index < -0.39 is 0 Å². The highest BCUT2D eigenvalue weighted by Gasteiger charge is 2.20. The van der Waals surface area contributed by atoms with E-state index in [1.165, 1.54) is 28.0 Å². The SMILES string of the molecule is CCc1ccc([C@@H](C)CC(=O)NCC(=O)Nc2nnc(C3=CC=C(C)C3)s2)cc1CC1CCOC1. The van der Waals surface area contributed by atoms with Crippen LogP contribution in [0.3, 0.4) is 0 Å². The Morgan fingerprint density at radius 1 is 1.20 bits per heavy atom. The van der Waals surface area contributed by atoms with Crippen molar-refractivity contribution in [3.05, 3.63) is 57.6 Å². The van der Waals surface area contributed by atoms with Crippen molar-refractivity contribution in [1.29, 1.82) is 0 Å². The average Bonchev–Trinajstić information content (AvgIpc) is 3.60. The number of benzene rings is 1. The fourth-order valence-electron chi connectivity index (χ4n) is 4.56. The molecule has 0 radical (unpaired) electrons. The Labute approximate surface area is 211 Å². The van der Waals surface area contributed by atoms with Gasteiger partial charge >= 0.3 is 0 Å². The van der Waals surface area contributed by atoms with E-state index >= 15 is 0 Å². The van der Waals surface area contributed by atoms with Crippen molar-refractivity contribution >= 4 is 33.9 Å². The number of aromatic nitrogens is 2. The minimum atomic E-state index is -0.309.